The molecule has 0 fully saturated rings. The summed E-state index contributed by atoms with van der Waals surface area (Å²) in [5.41, 5.74) is 3.15. The van der Waals surface area contributed by atoms with Crippen molar-refractivity contribution in [1.29, 1.82) is 0 Å². The Balaban J connectivity index is 2.03. The van der Waals surface area contributed by atoms with Crippen LogP contribution in [0.4, 0.5) is 0 Å². The monoisotopic (exact) mass is 258 g/mol. The molecule has 0 spiro atoms. The van der Waals surface area contributed by atoms with Gasteiger partial charge >= 0.3 is 0 Å². The molecule has 2 aromatic rings. The molecular weight excluding hydrogens is 244 g/mol. The normalized spacial score (nSPS) is 10.3. The SMILES string of the molecule is Cc1ccccc1CCC(=O)c1cccc(Cl)c1. The zero-order chi connectivity index (χ0) is 13.0. The number of halogens is 1. The molecule has 18 heavy (non-hydrogen) atoms. The first-order valence-electron chi connectivity index (χ1n) is 6.00. The lowest BCUT2D eigenvalue weighted by molar-refractivity contribution is 0.0983. The molecule has 0 aliphatic heterocycles. The van der Waals surface area contributed by atoms with Gasteiger partial charge in [-0.05, 0) is 36.6 Å². The van der Waals surface area contributed by atoms with Gasteiger partial charge in [0, 0.05) is 17.0 Å². The number of hydrogen-bond acceptors (Lipinski definition) is 1. The minimum atomic E-state index is 0.140. The molecule has 0 N–H and O–H groups in total. The first kappa shape index (κ1) is 12.8. The van der Waals surface area contributed by atoms with Crippen LogP contribution in [0.15, 0.2) is 48.5 Å². The van der Waals surface area contributed by atoms with Crippen LogP contribution in [0.3, 0.4) is 0 Å². The fourth-order valence-electron chi connectivity index (χ4n) is 1.95. The van der Waals surface area contributed by atoms with Gasteiger partial charge in [0.2, 0.25) is 0 Å². The third-order valence-electron chi connectivity index (χ3n) is 3.03. The highest BCUT2D eigenvalue weighted by molar-refractivity contribution is 6.31. The van der Waals surface area contributed by atoms with Crippen LogP contribution in [0.1, 0.15) is 27.9 Å². The Morgan fingerprint density at radius 1 is 1.11 bits per heavy atom. The van der Waals surface area contributed by atoms with Crippen LogP contribution >= 0.6 is 11.6 Å². The summed E-state index contributed by atoms with van der Waals surface area (Å²) in [5, 5.41) is 0.608. The van der Waals surface area contributed by atoms with E-state index in [4.69, 9.17) is 11.6 Å². The molecule has 2 rings (SSSR count). The number of carbonyl (C=O) groups excluding carboxylic acids is 1. The Kier molecular flexibility index (Phi) is 4.16. The van der Waals surface area contributed by atoms with E-state index in [1.165, 1.54) is 11.1 Å². The molecular formula is C16H15ClO. The molecule has 0 amide bonds. The molecule has 0 radical (unpaired) electrons. The molecule has 0 saturated carbocycles. The van der Waals surface area contributed by atoms with Crippen LogP contribution in [-0.2, 0) is 6.42 Å². The van der Waals surface area contributed by atoms with Crippen LogP contribution in [0.25, 0.3) is 0 Å². The van der Waals surface area contributed by atoms with Crippen LogP contribution in [0.2, 0.25) is 5.02 Å². The van der Waals surface area contributed by atoms with E-state index in [1.807, 2.05) is 24.3 Å². The number of benzene rings is 2. The van der Waals surface area contributed by atoms with Crippen LogP contribution in [0.5, 0.6) is 0 Å². The largest absolute Gasteiger partial charge is 0.294 e. The van der Waals surface area contributed by atoms with Crippen molar-refractivity contribution in [3.05, 3.63) is 70.2 Å². The zero-order valence-corrected chi connectivity index (χ0v) is 11.1. The van der Waals surface area contributed by atoms with E-state index in [9.17, 15) is 4.79 Å². The average molecular weight is 259 g/mol. The molecule has 0 unspecified atom stereocenters. The van der Waals surface area contributed by atoms with Crippen LogP contribution < -0.4 is 0 Å². The van der Waals surface area contributed by atoms with Crippen molar-refractivity contribution in [1.82, 2.24) is 0 Å². The van der Waals surface area contributed by atoms with E-state index < -0.39 is 0 Å². The van der Waals surface area contributed by atoms with Crippen molar-refractivity contribution in [3.8, 4) is 0 Å². The summed E-state index contributed by atoms with van der Waals surface area (Å²) in [4.78, 5) is 12.0. The van der Waals surface area contributed by atoms with Gasteiger partial charge in [0.05, 0.1) is 0 Å². The molecule has 2 heteroatoms. The molecule has 0 saturated heterocycles. The van der Waals surface area contributed by atoms with E-state index in [1.54, 1.807) is 12.1 Å². The molecule has 0 aliphatic carbocycles. The summed E-state index contributed by atoms with van der Waals surface area (Å²) in [7, 11) is 0. The number of hydrogen-bond donors (Lipinski definition) is 0. The quantitative estimate of drug-likeness (QED) is 0.740. The Bertz CT molecular complexity index is 561. The van der Waals surface area contributed by atoms with Gasteiger partial charge in [-0.1, -0.05) is 48.0 Å². The van der Waals surface area contributed by atoms with Crippen molar-refractivity contribution >= 4 is 17.4 Å². The van der Waals surface area contributed by atoms with E-state index in [0.717, 1.165) is 6.42 Å². The molecule has 2 aromatic carbocycles. The lowest BCUT2D eigenvalue weighted by atomic mass is 10.00. The number of aryl methyl sites for hydroxylation is 2. The molecule has 0 aliphatic rings. The van der Waals surface area contributed by atoms with Gasteiger partial charge in [-0.2, -0.15) is 0 Å². The first-order chi connectivity index (χ1) is 8.66. The number of carbonyl (C=O) groups is 1. The molecule has 1 nitrogen and oxygen atoms in total. The predicted molar refractivity (Wildman–Crippen MR) is 75.3 cm³/mol. The molecule has 0 heterocycles. The molecule has 0 aromatic heterocycles. The molecule has 0 bridgehead atoms. The molecule has 0 atom stereocenters. The van der Waals surface area contributed by atoms with Gasteiger partial charge in [-0.25, -0.2) is 0 Å². The van der Waals surface area contributed by atoms with Crippen molar-refractivity contribution in [2.45, 2.75) is 19.8 Å². The fraction of sp³-hybridized carbons (Fsp3) is 0.188. The van der Waals surface area contributed by atoms with E-state index in [-0.39, 0.29) is 5.78 Å². The third kappa shape index (κ3) is 3.21. The molecule has 92 valence electrons. The first-order valence-corrected chi connectivity index (χ1v) is 6.38. The lowest BCUT2D eigenvalue weighted by Crippen LogP contribution is -2.01. The highest BCUT2D eigenvalue weighted by Crippen LogP contribution is 2.15. The Hall–Kier alpha value is -1.60. The summed E-state index contributed by atoms with van der Waals surface area (Å²) in [6, 6.07) is 15.3. The van der Waals surface area contributed by atoms with Gasteiger partial charge < -0.3 is 0 Å². The van der Waals surface area contributed by atoms with Crippen LogP contribution in [0, 0.1) is 6.92 Å². The third-order valence-corrected chi connectivity index (χ3v) is 3.26. The van der Waals surface area contributed by atoms with Gasteiger partial charge in [0.25, 0.3) is 0 Å². The van der Waals surface area contributed by atoms with Gasteiger partial charge in [-0.15, -0.1) is 0 Å². The number of rotatable bonds is 4. The average Bonchev–Trinajstić information content (AvgIpc) is 2.37. The summed E-state index contributed by atoms with van der Waals surface area (Å²) in [5.74, 6) is 0.140. The van der Waals surface area contributed by atoms with Gasteiger partial charge in [0.15, 0.2) is 5.78 Å². The fourth-order valence-corrected chi connectivity index (χ4v) is 2.14. The summed E-state index contributed by atoms with van der Waals surface area (Å²) < 4.78 is 0. The Morgan fingerprint density at radius 2 is 1.89 bits per heavy atom. The van der Waals surface area contributed by atoms with Crippen molar-refractivity contribution in [3.63, 3.8) is 0 Å². The van der Waals surface area contributed by atoms with Gasteiger partial charge in [-0.3, -0.25) is 4.79 Å². The van der Waals surface area contributed by atoms with Crippen molar-refractivity contribution in [2.75, 3.05) is 0 Å². The number of ketones is 1. The Morgan fingerprint density at radius 3 is 2.61 bits per heavy atom. The second-order valence-corrected chi connectivity index (χ2v) is 4.80. The van der Waals surface area contributed by atoms with E-state index in [2.05, 4.69) is 19.1 Å². The minimum absolute atomic E-state index is 0.140. The van der Waals surface area contributed by atoms with Crippen LogP contribution in [-0.4, -0.2) is 5.78 Å². The highest BCUT2D eigenvalue weighted by atomic mass is 35.5. The standard InChI is InChI=1S/C16H15ClO/c1-12-5-2-3-6-13(12)9-10-16(18)14-7-4-8-15(17)11-14/h2-8,11H,9-10H2,1H3. The van der Waals surface area contributed by atoms with E-state index >= 15 is 0 Å². The zero-order valence-electron chi connectivity index (χ0n) is 10.3. The summed E-state index contributed by atoms with van der Waals surface area (Å²) >= 11 is 5.88. The minimum Gasteiger partial charge on any atom is -0.294 e. The maximum atomic E-state index is 12.0. The van der Waals surface area contributed by atoms with E-state index in [0.29, 0.717) is 17.0 Å². The summed E-state index contributed by atoms with van der Waals surface area (Å²) in [6.07, 6.45) is 1.29. The lowest BCUT2D eigenvalue weighted by Gasteiger charge is -2.05. The summed E-state index contributed by atoms with van der Waals surface area (Å²) in [6.45, 7) is 2.07. The maximum absolute atomic E-state index is 12.0. The smallest absolute Gasteiger partial charge is 0.163 e. The van der Waals surface area contributed by atoms with Crippen molar-refractivity contribution < 1.29 is 4.79 Å². The predicted octanol–water partition coefficient (Wildman–Crippen LogP) is 4.46. The topological polar surface area (TPSA) is 17.1 Å². The second kappa shape index (κ2) is 5.83. The second-order valence-electron chi connectivity index (χ2n) is 4.36. The van der Waals surface area contributed by atoms with Crippen molar-refractivity contribution in [2.24, 2.45) is 0 Å². The highest BCUT2D eigenvalue weighted by Gasteiger charge is 2.07. The Labute approximate surface area is 112 Å². The number of Topliss-reactive ketones (excluding diaryl/α,β-unsaturated/α-hetero) is 1. The van der Waals surface area contributed by atoms with Gasteiger partial charge in [0.1, 0.15) is 0 Å². The maximum Gasteiger partial charge on any atom is 0.163 e.